The third-order valence-corrected chi connectivity index (χ3v) is 15.2. The van der Waals surface area contributed by atoms with Crippen LogP contribution < -0.4 is 5.32 Å². The molecule has 1 amide bonds. The summed E-state index contributed by atoms with van der Waals surface area (Å²) in [5.41, 5.74) is 0. The van der Waals surface area contributed by atoms with Crippen molar-refractivity contribution in [3.63, 3.8) is 0 Å². The molecule has 0 spiro atoms. The number of nitrogens with one attached hydrogen (secondary N) is 1. The molecule has 1 rings (SSSR count). The molecular weight excluding hydrogens is 967 g/mol. The molecule has 0 aliphatic carbocycles. The Morgan fingerprint density at radius 2 is 0.896 bits per heavy atom. The average molecular weight is 1090 g/mol. The van der Waals surface area contributed by atoms with E-state index in [0.717, 1.165) is 83.5 Å². The molecule has 6 N–H and O–H groups in total. The van der Waals surface area contributed by atoms with E-state index in [1.807, 2.05) is 6.08 Å². The zero-order valence-corrected chi connectivity index (χ0v) is 49.8. The van der Waals surface area contributed by atoms with Crippen molar-refractivity contribution >= 4 is 11.9 Å². The summed E-state index contributed by atoms with van der Waals surface area (Å²) in [4.78, 5) is 26.6. The highest BCUT2D eigenvalue weighted by Crippen LogP contribution is 2.26. The maximum atomic E-state index is 13.4. The van der Waals surface area contributed by atoms with Crippen LogP contribution in [0.1, 0.15) is 297 Å². The molecule has 1 saturated heterocycles. The van der Waals surface area contributed by atoms with E-state index in [4.69, 9.17) is 14.2 Å². The minimum absolute atomic E-state index is 0.115. The van der Waals surface area contributed by atoms with Crippen molar-refractivity contribution < 1.29 is 49.3 Å². The first-order valence-electron chi connectivity index (χ1n) is 32.4. The predicted molar refractivity (Wildman–Crippen MR) is 320 cm³/mol. The number of allylic oxidation sites excluding steroid dienone is 7. The van der Waals surface area contributed by atoms with Gasteiger partial charge in [-0.05, 0) is 83.5 Å². The van der Waals surface area contributed by atoms with Crippen molar-refractivity contribution in [1.29, 1.82) is 0 Å². The summed E-state index contributed by atoms with van der Waals surface area (Å²) in [5.74, 6) is -1.20. The topological polar surface area (TPSA) is 175 Å². The van der Waals surface area contributed by atoms with Crippen LogP contribution >= 0.6 is 0 Å². The van der Waals surface area contributed by atoms with E-state index in [0.29, 0.717) is 12.8 Å². The van der Waals surface area contributed by atoms with Gasteiger partial charge in [-0.3, -0.25) is 9.59 Å². The van der Waals surface area contributed by atoms with Crippen LogP contribution in [0.5, 0.6) is 0 Å². The van der Waals surface area contributed by atoms with E-state index < -0.39 is 67.4 Å². The first-order chi connectivity index (χ1) is 37.7. The number of rotatable bonds is 55. The van der Waals surface area contributed by atoms with Crippen LogP contribution in [0.3, 0.4) is 0 Å². The minimum Gasteiger partial charge on any atom is -0.454 e. The summed E-state index contributed by atoms with van der Waals surface area (Å²) in [6.07, 6.45) is 55.7. The van der Waals surface area contributed by atoms with Gasteiger partial charge in [-0.25, -0.2) is 0 Å². The lowest BCUT2D eigenvalue weighted by molar-refractivity contribution is -0.305. The lowest BCUT2D eigenvalue weighted by Crippen LogP contribution is -2.61. The van der Waals surface area contributed by atoms with E-state index >= 15 is 0 Å². The van der Waals surface area contributed by atoms with Crippen molar-refractivity contribution in [2.24, 2.45) is 0 Å². The van der Waals surface area contributed by atoms with Crippen LogP contribution in [0.15, 0.2) is 48.6 Å². The largest absolute Gasteiger partial charge is 0.454 e. The summed E-state index contributed by atoms with van der Waals surface area (Å²) < 4.78 is 17.6. The Morgan fingerprint density at radius 1 is 0.506 bits per heavy atom. The second kappa shape index (κ2) is 54.2. The fourth-order valence-electron chi connectivity index (χ4n) is 10.0. The van der Waals surface area contributed by atoms with Gasteiger partial charge in [-0.2, -0.15) is 0 Å². The van der Waals surface area contributed by atoms with Crippen LogP contribution in [-0.4, -0.2) is 99.6 Å². The SMILES string of the molecule is CCCCC/C=C\C/C=C\CCCCCCCCCC(=O)OC1C(OCC(NC(=O)C(O)CCCCCCCCCC/C=C/CCCCCCCC)C(O)/C=C/CCCCCCCCCCCCC)OC(CO)C(O)C1O. The number of unbranched alkanes of at least 4 members (excludes halogenated alkanes) is 35. The van der Waals surface area contributed by atoms with Gasteiger partial charge in [-0.15, -0.1) is 0 Å². The Bertz CT molecular complexity index is 1440. The molecule has 77 heavy (non-hydrogen) atoms. The molecule has 1 fully saturated rings. The fraction of sp³-hybridized carbons (Fsp3) is 0.848. The van der Waals surface area contributed by atoms with Crippen LogP contribution in [0.25, 0.3) is 0 Å². The Morgan fingerprint density at radius 3 is 1.36 bits per heavy atom. The van der Waals surface area contributed by atoms with Gasteiger partial charge in [0, 0.05) is 6.42 Å². The van der Waals surface area contributed by atoms with Crippen molar-refractivity contribution in [2.75, 3.05) is 13.2 Å². The Hall–Kier alpha value is -2.38. The van der Waals surface area contributed by atoms with Gasteiger partial charge in [-0.1, -0.05) is 256 Å². The first-order valence-corrected chi connectivity index (χ1v) is 32.4. The van der Waals surface area contributed by atoms with Gasteiger partial charge < -0.3 is 45.1 Å². The number of hydrogen-bond donors (Lipinski definition) is 6. The number of esters is 1. The molecule has 0 aromatic rings. The maximum absolute atomic E-state index is 13.4. The first kappa shape index (κ1) is 72.6. The van der Waals surface area contributed by atoms with Gasteiger partial charge in [0.25, 0.3) is 0 Å². The van der Waals surface area contributed by atoms with Gasteiger partial charge in [0.05, 0.1) is 25.4 Å². The Labute approximate surface area is 472 Å². The third-order valence-electron chi connectivity index (χ3n) is 15.2. The monoisotopic (exact) mass is 1090 g/mol. The average Bonchev–Trinajstić information content (AvgIpc) is 3.43. The molecule has 0 radical (unpaired) electrons. The van der Waals surface area contributed by atoms with Gasteiger partial charge in [0.15, 0.2) is 12.4 Å². The molecule has 0 saturated carbocycles. The lowest BCUT2D eigenvalue weighted by Gasteiger charge is -2.41. The molecule has 0 aromatic carbocycles. The number of aliphatic hydroxyl groups excluding tert-OH is 5. The number of amides is 1. The van der Waals surface area contributed by atoms with E-state index in [1.165, 1.54) is 167 Å². The molecular formula is C66H121NO10. The highest BCUT2D eigenvalue weighted by molar-refractivity contribution is 5.80. The number of carbonyl (C=O) groups excluding carboxylic acids is 2. The summed E-state index contributed by atoms with van der Waals surface area (Å²) >= 11 is 0. The quantitative estimate of drug-likeness (QED) is 0.0195. The van der Waals surface area contributed by atoms with Gasteiger partial charge in [0.1, 0.15) is 24.4 Å². The number of ether oxygens (including phenoxy) is 3. The van der Waals surface area contributed by atoms with Crippen molar-refractivity contribution in [3.05, 3.63) is 48.6 Å². The van der Waals surface area contributed by atoms with Crippen LogP contribution in [0.4, 0.5) is 0 Å². The van der Waals surface area contributed by atoms with Crippen LogP contribution in [0, 0.1) is 0 Å². The molecule has 450 valence electrons. The van der Waals surface area contributed by atoms with Crippen LogP contribution in [-0.2, 0) is 23.8 Å². The Kier molecular flexibility index (Phi) is 51.1. The number of aliphatic hydroxyl groups is 5. The minimum atomic E-state index is -1.62. The molecule has 1 heterocycles. The van der Waals surface area contributed by atoms with Gasteiger partial charge in [0.2, 0.25) is 5.91 Å². The normalized spacial score (nSPS) is 19.3. The summed E-state index contributed by atoms with van der Waals surface area (Å²) in [6, 6.07) is -1.03. The molecule has 8 unspecified atom stereocenters. The van der Waals surface area contributed by atoms with E-state index in [2.05, 4.69) is 62.5 Å². The van der Waals surface area contributed by atoms with Crippen LogP contribution in [0.2, 0.25) is 0 Å². The third kappa shape index (κ3) is 42.2. The lowest BCUT2D eigenvalue weighted by atomic mass is 9.99. The summed E-state index contributed by atoms with van der Waals surface area (Å²) in [6.45, 7) is 5.78. The van der Waals surface area contributed by atoms with Crippen molar-refractivity contribution in [1.82, 2.24) is 5.32 Å². The standard InChI is InChI=1S/C66H121NO10/c1-4-7-10-13-16-19-22-25-27-29-31-32-35-38-41-44-47-50-53-59(70)65(74)67-57(58(69)52-49-46-43-40-37-34-24-21-18-15-12-9-6-3)56-75-66-64(63(73)62(72)60(55-68)76-66)77-61(71)54-51-48-45-42-39-36-33-30-28-26-23-20-17-14-11-8-5-2/h17,20,25-28,49,52,57-60,62-64,66,68-70,72-73H,4-16,18-19,21-24,29-48,50-51,53-56H2,1-3H3,(H,67,74)/b20-17-,27-25+,28-26-,52-49+. The zero-order valence-electron chi connectivity index (χ0n) is 49.8. The molecule has 11 nitrogen and oxygen atoms in total. The van der Waals surface area contributed by atoms with E-state index in [-0.39, 0.29) is 19.4 Å². The van der Waals surface area contributed by atoms with Gasteiger partial charge >= 0.3 is 5.97 Å². The zero-order chi connectivity index (χ0) is 56.1. The Balaban J connectivity index is 2.68. The van der Waals surface area contributed by atoms with E-state index in [9.17, 15) is 35.1 Å². The number of carbonyl (C=O) groups is 2. The fourth-order valence-corrected chi connectivity index (χ4v) is 10.0. The highest BCUT2D eigenvalue weighted by atomic mass is 16.7. The molecule has 0 aromatic heterocycles. The molecule has 1 aliphatic rings. The smallest absolute Gasteiger partial charge is 0.306 e. The molecule has 0 bridgehead atoms. The summed E-state index contributed by atoms with van der Waals surface area (Å²) in [7, 11) is 0. The number of hydrogen-bond acceptors (Lipinski definition) is 10. The predicted octanol–water partition coefficient (Wildman–Crippen LogP) is 15.6. The highest BCUT2D eigenvalue weighted by Gasteiger charge is 2.47. The second-order valence-corrected chi connectivity index (χ2v) is 22.5. The summed E-state index contributed by atoms with van der Waals surface area (Å²) in [5, 5.41) is 57.1. The van der Waals surface area contributed by atoms with Crippen molar-refractivity contribution in [3.8, 4) is 0 Å². The molecule has 11 heteroatoms. The molecule has 8 atom stereocenters. The van der Waals surface area contributed by atoms with E-state index in [1.54, 1.807) is 6.08 Å². The van der Waals surface area contributed by atoms with Crippen molar-refractivity contribution in [2.45, 2.75) is 346 Å². The maximum Gasteiger partial charge on any atom is 0.306 e. The second-order valence-electron chi connectivity index (χ2n) is 22.5. The molecule has 1 aliphatic heterocycles.